The number of H-pyrrole nitrogens is 1. The van der Waals surface area contributed by atoms with Gasteiger partial charge in [-0.15, -0.1) is 0 Å². The highest BCUT2D eigenvalue weighted by molar-refractivity contribution is 6.31. The first kappa shape index (κ1) is 15.7. The van der Waals surface area contributed by atoms with E-state index in [0.717, 1.165) is 12.8 Å². The molecule has 6 heteroatoms. The second-order valence-corrected chi connectivity index (χ2v) is 6.64. The molecule has 0 spiro atoms. The lowest BCUT2D eigenvalue weighted by Crippen LogP contribution is -2.18. The van der Waals surface area contributed by atoms with Crippen molar-refractivity contribution >= 4 is 17.6 Å². The lowest BCUT2D eigenvalue weighted by atomic mass is 9.94. The molecule has 2 aromatic rings. The molecule has 0 aliphatic heterocycles. The molecule has 1 aliphatic rings. The minimum Gasteiger partial charge on any atom is -0.477 e. The Labute approximate surface area is 136 Å². The van der Waals surface area contributed by atoms with Crippen LogP contribution in [0.4, 0.5) is 4.39 Å². The van der Waals surface area contributed by atoms with Gasteiger partial charge in [0, 0.05) is 21.8 Å². The fourth-order valence-electron chi connectivity index (χ4n) is 2.82. The van der Waals surface area contributed by atoms with E-state index in [2.05, 4.69) is 4.98 Å². The molecule has 1 saturated carbocycles. The maximum atomic E-state index is 14.5. The average molecular weight is 336 g/mol. The van der Waals surface area contributed by atoms with Crippen molar-refractivity contribution in [1.82, 2.24) is 4.98 Å². The number of aryl methyl sites for hydroxylation is 1. The molecule has 0 unspecified atom stereocenters. The number of carboxylic acid groups (broad SMARTS) is 1. The molecule has 2 N–H and O–H groups in total. The summed E-state index contributed by atoms with van der Waals surface area (Å²) in [6.07, 6.45) is 1.79. The zero-order valence-electron chi connectivity index (χ0n) is 12.7. The number of aromatic carboxylic acids is 1. The van der Waals surface area contributed by atoms with Crippen LogP contribution in [0.5, 0.6) is 0 Å². The summed E-state index contributed by atoms with van der Waals surface area (Å²) in [5.74, 6) is -1.74. The van der Waals surface area contributed by atoms with E-state index in [0.29, 0.717) is 27.4 Å². The van der Waals surface area contributed by atoms with Gasteiger partial charge in [0.2, 0.25) is 0 Å². The lowest BCUT2D eigenvalue weighted by molar-refractivity contribution is 0.0695. The molecule has 1 aromatic carbocycles. The summed E-state index contributed by atoms with van der Waals surface area (Å²) in [6, 6.07) is 4.22. The van der Waals surface area contributed by atoms with Crippen LogP contribution in [0.1, 0.15) is 41.4 Å². The predicted molar refractivity (Wildman–Crippen MR) is 85.7 cm³/mol. The summed E-state index contributed by atoms with van der Waals surface area (Å²) in [7, 11) is 0. The second-order valence-electron chi connectivity index (χ2n) is 6.23. The molecule has 23 heavy (non-hydrogen) atoms. The maximum Gasteiger partial charge on any atom is 0.341 e. The number of aromatic nitrogens is 1. The fourth-order valence-corrected chi connectivity index (χ4v) is 3.26. The van der Waals surface area contributed by atoms with Gasteiger partial charge in [-0.1, -0.05) is 18.5 Å². The van der Waals surface area contributed by atoms with Crippen LogP contribution < -0.4 is 5.56 Å². The van der Waals surface area contributed by atoms with Crippen molar-refractivity contribution in [2.24, 2.45) is 0 Å². The maximum absolute atomic E-state index is 14.5. The van der Waals surface area contributed by atoms with Crippen LogP contribution in [0.25, 0.3) is 11.1 Å². The van der Waals surface area contributed by atoms with Gasteiger partial charge in [-0.3, -0.25) is 4.79 Å². The quantitative estimate of drug-likeness (QED) is 0.893. The molecule has 1 heterocycles. The summed E-state index contributed by atoms with van der Waals surface area (Å²) in [5, 5.41) is 9.40. The Balaban J connectivity index is 2.18. The van der Waals surface area contributed by atoms with Gasteiger partial charge in [0.15, 0.2) is 0 Å². The Morgan fingerprint density at radius 1 is 1.35 bits per heavy atom. The van der Waals surface area contributed by atoms with Crippen LogP contribution in [0, 0.1) is 12.7 Å². The van der Waals surface area contributed by atoms with Gasteiger partial charge in [-0.05, 0) is 48.9 Å². The van der Waals surface area contributed by atoms with E-state index < -0.39 is 17.3 Å². The number of nitrogens with one attached hydrogen (secondary N) is 1. The van der Waals surface area contributed by atoms with Crippen molar-refractivity contribution in [3.8, 4) is 11.1 Å². The van der Waals surface area contributed by atoms with Crippen molar-refractivity contribution < 1.29 is 14.3 Å². The number of hydrogen-bond donors (Lipinski definition) is 2. The SMILES string of the molecule is Cc1[nH]c(=O)c(C(=O)O)cc1-c1cc(F)c(C2(C)CC2)c(Cl)c1. The van der Waals surface area contributed by atoms with Gasteiger partial charge >= 0.3 is 5.97 Å². The van der Waals surface area contributed by atoms with E-state index in [1.165, 1.54) is 12.1 Å². The van der Waals surface area contributed by atoms with Crippen LogP contribution in [0.3, 0.4) is 0 Å². The summed E-state index contributed by atoms with van der Waals surface area (Å²) in [4.78, 5) is 25.3. The zero-order valence-corrected chi connectivity index (χ0v) is 13.4. The van der Waals surface area contributed by atoms with Gasteiger partial charge in [0.25, 0.3) is 5.56 Å². The predicted octanol–water partition coefficient (Wildman–Crippen LogP) is 3.89. The molecule has 1 aliphatic carbocycles. The summed E-state index contributed by atoms with van der Waals surface area (Å²) < 4.78 is 14.5. The Bertz CT molecular complexity index is 861. The molecular formula is C17H15ClFNO3. The van der Waals surface area contributed by atoms with Crippen LogP contribution in [0.15, 0.2) is 23.0 Å². The molecule has 120 valence electrons. The summed E-state index contributed by atoms with van der Waals surface area (Å²) in [5.41, 5.74) is 0.551. The van der Waals surface area contributed by atoms with E-state index in [1.807, 2.05) is 6.92 Å². The van der Waals surface area contributed by atoms with E-state index in [9.17, 15) is 14.0 Å². The molecule has 0 amide bonds. The smallest absolute Gasteiger partial charge is 0.341 e. The minimum atomic E-state index is -1.33. The highest BCUT2D eigenvalue weighted by atomic mass is 35.5. The highest BCUT2D eigenvalue weighted by Gasteiger charge is 2.42. The van der Waals surface area contributed by atoms with Crippen LogP contribution in [-0.4, -0.2) is 16.1 Å². The van der Waals surface area contributed by atoms with E-state index in [1.54, 1.807) is 13.0 Å². The van der Waals surface area contributed by atoms with Crippen LogP contribution in [-0.2, 0) is 5.41 Å². The van der Waals surface area contributed by atoms with Crippen molar-refractivity contribution in [2.45, 2.75) is 32.1 Å². The van der Waals surface area contributed by atoms with Crippen molar-refractivity contribution in [1.29, 1.82) is 0 Å². The van der Waals surface area contributed by atoms with Crippen LogP contribution >= 0.6 is 11.6 Å². The monoisotopic (exact) mass is 335 g/mol. The Kier molecular flexibility index (Phi) is 3.56. The van der Waals surface area contributed by atoms with E-state index in [-0.39, 0.29) is 11.0 Å². The third-order valence-corrected chi connectivity index (χ3v) is 4.72. The molecule has 0 radical (unpaired) electrons. The van der Waals surface area contributed by atoms with Gasteiger partial charge in [0.05, 0.1) is 0 Å². The molecule has 0 atom stereocenters. The van der Waals surface area contributed by atoms with Gasteiger partial charge < -0.3 is 10.1 Å². The Morgan fingerprint density at radius 3 is 2.52 bits per heavy atom. The third-order valence-electron chi connectivity index (χ3n) is 4.43. The second kappa shape index (κ2) is 5.20. The van der Waals surface area contributed by atoms with E-state index in [4.69, 9.17) is 16.7 Å². The number of rotatable bonds is 3. The summed E-state index contributed by atoms with van der Waals surface area (Å²) >= 11 is 6.27. The van der Waals surface area contributed by atoms with Crippen molar-refractivity contribution in [2.75, 3.05) is 0 Å². The first-order valence-corrected chi connectivity index (χ1v) is 7.58. The summed E-state index contributed by atoms with van der Waals surface area (Å²) in [6.45, 7) is 3.59. The molecule has 0 bridgehead atoms. The number of pyridine rings is 1. The largest absolute Gasteiger partial charge is 0.477 e. The van der Waals surface area contributed by atoms with Crippen molar-refractivity contribution in [3.05, 3.63) is 56.2 Å². The standard InChI is InChI=1S/C17H15ClFNO3/c1-8-10(7-11(16(22)23)15(21)20-8)9-5-12(18)14(13(19)6-9)17(2)3-4-17/h5-7H,3-4H2,1-2H3,(H,20,21)(H,22,23). The number of carboxylic acids is 1. The molecule has 0 saturated heterocycles. The topological polar surface area (TPSA) is 70.2 Å². The van der Waals surface area contributed by atoms with Gasteiger partial charge in [-0.25, -0.2) is 9.18 Å². The Hall–Kier alpha value is -2.14. The number of carbonyl (C=O) groups is 1. The van der Waals surface area contributed by atoms with Crippen molar-refractivity contribution in [3.63, 3.8) is 0 Å². The molecule has 4 nitrogen and oxygen atoms in total. The first-order valence-electron chi connectivity index (χ1n) is 7.20. The number of hydrogen-bond acceptors (Lipinski definition) is 2. The Morgan fingerprint density at radius 2 is 2.00 bits per heavy atom. The molecular weight excluding hydrogens is 321 g/mol. The fraction of sp³-hybridized carbons (Fsp3) is 0.294. The highest BCUT2D eigenvalue weighted by Crippen LogP contribution is 2.51. The molecule has 3 rings (SSSR count). The van der Waals surface area contributed by atoms with Crippen LogP contribution in [0.2, 0.25) is 5.02 Å². The lowest BCUT2D eigenvalue weighted by Gasteiger charge is -2.15. The van der Waals surface area contributed by atoms with Gasteiger partial charge in [-0.2, -0.15) is 0 Å². The third kappa shape index (κ3) is 2.65. The number of halogens is 2. The molecule has 1 fully saturated rings. The first-order chi connectivity index (χ1) is 10.7. The number of aromatic amines is 1. The van der Waals surface area contributed by atoms with E-state index >= 15 is 0 Å². The number of benzene rings is 1. The van der Waals surface area contributed by atoms with Gasteiger partial charge in [0.1, 0.15) is 11.4 Å². The average Bonchev–Trinajstić information content (AvgIpc) is 3.15. The normalized spacial score (nSPS) is 15.5. The molecule has 1 aromatic heterocycles. The minimum absolute atomic E-state index is 0.216. The zero-order chi connectivity index (χ0) is 16.9.